The fourth-order valence-corrected chi connectivity index (χ4v) is 3.58. The van der Waals surface area contributed by atoms with Crippen LogP contribution in [-0.2, 0) is 6.42 Å². The number of nitrogens with one attached hydrogen (secondary N) is 1. The number of benzene rings is 3. The Morgan fingerprint density at radius 3 is 2.33 bits per heavy atom. The van der Waals surface area contributed by atoms with E-state index in [9.17, 15) is 4.79 Å². The summed E-state index contributed by atoms with van der Waals surface area (Å²) in [4.78, 5) is 12.8. The number of carbonyl (C=O) groups excluding carboxylic acids is 1. The summed E-state index contributed by atoms with van der Waals surface area (Å²) in [5, 5.41) is 7.69. The van der Waals surface area contributed by atoms with Gasteiger partial charge in [0, 0.05) is 18.3 Å². The monoisotopic (exact) mass is 395 g/mol. The number of aromatic nitrogens is 2. The molecule has 0 spiro atoms. The van der Waals surface area contributed by atoms with Crippen LogP contribution >= 0.6 is 0 Å². The molecule has 4 aromatic rings. The van der Waals surface area contributed by atoms with E-state index >= 15 is 0 Å². The van der Waals surface area contributed by atoms with Gasteiger partial charge in [-0.25, -0.2) is 4.68 Å². The van der Waals surface area contributed by atoms with Crippen molar-refractivity contribution in [3.63, 3.8) is 0 Å². The molecular formula is C26H25N3O. The number of amides is 1. The summed E-state index contributed by atoms with van der Waals surface area (Å²) in [5.41, 5.74) is 6.00. The summed E-state index contributed by atoms with van der Waals surface area (Å²) in [7, 11) is 0. The Balaban J connectivity index is 1.36. The largest absolute Gasteiger partial charge is 0.352 e. The average Bonchev–Trinajstić information content (AvgIpc) is 3.18. The molecule has 0 saturated heterocycles. The summed E-state index contributed by atoms with van der Waals surface area (Å²) >= 11 is 0. The minimum Gasteiger partial charge on any atom is -0.352 e. The van der Waals surface area contributed by atoms with E-state index in [1.165, 1.54) is 5.56 Å². The maximum Gasteiger partial charge on any atom is 0.251 e. The highest BCUT2D eigenvalue weighted by Gasteiger charge is 2.12. The molecule has 0 saturated carbocycles. The lowest BCUT2D eigenvalue weighted by atomic mass is 9.99. The molecule has 0 aliphatic rings. The van der Waals surface area contributed by atoms with Gasteiger partial charge in [-0.15, -0.1) is 0 Å². The Morgan fingerprint density at radius 1 is 0.900 bits per heavy atom. The van der Waals surface area contributed by atoms with Crippen molar-refractivity contribution in [2.45, 2.75) is 19.8 Å². The zero-order valence-corrected chi connectivity index (χ0v) is 17.1. The molecule has 0 aliphatic carbocycles. The quantitative estimate of drug-likeness (QED) is 0.437. The van der Waals surface area contributed by atoms with Crippen molar-refractivity contribution < 1.29 is 4.79 Å². The molecule has 1 amide bonds. The highest BCUT2D eigenvalue weighted by Crippen LogP contribution is 2.23. The molecular weight excluding hydrogens is 370 g/mol. The molecule has 0 aliphatic heterocycles. The second-order valence-corrected chi connectivity index (χ2v) is 7.29. The maximum absolute atomic E-state index is 12.8. The average molecular weight is 396 g/mol. The van der Waals surface area contributed by atoms with Gasteiger partial charge in [0.1, 0.15) is 0 Å². The van der Waals surface area contributed by atoms with Crippen molar-refractivity contribution in [1.82, 2.24) is 15.1 Å². The van der Waals surface area contributed by atoms with Crippen LogP contribution in [0.15, 0.2) is 91.1 Å². The Bertz CT molecular complexity index is 1120. The number of para-hydroxylation sites is 1. The van der Waals surface area contributed by atoms with Crippen LogP contribution in [0.5, 0.6) is 0 Å². The number of hydrogen-bond donors (Lipinski definition) is 1. The third-order valence-corrected chi connectivity index (χ3v) is 5.19. The molecule has 150 valence electrons. The van der Waals surface area contributed by atoms with Gasteiger partial charge in [0.2, 0.25) is 0 Å². The van der Waals surface area contributed by atoms with E-state index in [1.54, 1.807) is 0 Å². The zero-order valence-electron chi connectivity index (χ0n) is 17.1. The molecule has 1 aromatic heterocycles. The first-order valence-corrected chi connectivity index (χ1v) is 10.3. The van der Waals surface area contributed by atoms with E-state index < -0.39 is 0 Å². The second kappa shape index (κ2) is 9.23. The molecule has 0 unspecified atom stereocenters. The highest BCUT2D eigenvalue weighted by molar-refractivity contribution is 6.00. The van der Waals surface area contributed by atoms with Crippen LogP contribution in [0, 0.1) is 6.92 Å². The van der Waals surface area contributed by atoms with Crippen molar-refractivity contribution in [3.05, 3.63) is 108 Å². The molecule has 1 N–H and O–H groups in total. The molecule has 4 rings (SSSR count). The van der Waals surface area contributed by atoms with Crippen LogP contribution in [0.2, 0.25) is 0 Å². The number of hydrogen-bond acceptors (Lipinski definition) is 2. The first kappa shape index (κ1) is 19.6. The molecule has 0 bridgehead atoms. The van der Waals surface area contributed by atoms with Crippen molar-refractivity contribution >= 4 is 5.91 Å². The lowest BCUT2D eigenvalue weighted by molar-refractivity contribution is 0.0954. The van der Waals surface area contributed by atoms with Crippen molar-refractivity contribution in [3.8, 4) is 16.8 Å². The molecule has 1 heterocycles. The van der Waals surface area contributed by atoms with Gasteiger partial charge in [-0.2, -0.15) is 5.10 Å². The van der Waals surface area contributed by atoms with E-state index in [0.29, 0.717) is 12.1 Å². The minimum absolute atomic E-state index is 0.0360. The van der Waals surface area contributed by atoms with Crippen LogP contribution in [0.3, 0.4) is 0 Å². The van der Waals surface area contributed by atoms with Gasteiger partial charge in [0.05, 0.1) is 11.4 Å². The predicted octanol–water partition coefficient (Wildman–Crippen LogP) is 5.21. The van der Waals surface area contributed by atoms with Crippen LogP contribution in [-0.4, -0.2) is 22.2 Å². The third-order valence-electron chi connectivity index (χ3n) is 5.19. The standard InChI is InChI=1S/C26H25N3O/c1-20-22(19-29(28-20)23-14-6-3-7-15-23)13-10-18-27-26(30)25-17-9-8-16-24(25)21-11-4-2-5-12-21/h2-9,11-12,14-17,19H,10,13,18H2,1H3,(H,27,30). The summed E-state index contributed by atoms with van der Waals surface area (Å²) in [6, 6.07) is 27.9. The van der Waals surface area contributed by atoms with Gasteiger partial charge in [-0.1, -0.05) is 66.7 Å². The third kappa shape index (κ3) is 4.49. The Hall–Kier alpha value is -3.66. The van der Waals surface area contributed by atoms with Crippen molar-refractivity contribution in [2.75, 3.05) is 6.54 Å². The summed E-state index contributed by atoms with van der Waals surface area (Å²) in [6.07, 6.45) is 3.82. The lowest BCUT2D eigenvalue weighted by Gasteiger charge is -2.10. The second-order valence-electron chi connectivity index (χ2n) is 7.29. The summed E-state index contributed by atoms with van der Waals surface area (Å²) < 4.78 is 1.92. The van der Waals surface area contributed by atoms with Gasteiger partial charge < -0.3 is 5.32 Å². The fourth-order valence-electron chi connectivity index (χ4n) is 3.58. The molecule has 4 nitrogen and oxygen atoms in total. The molecule has 0 radical (unpaired) electrons. The zero-order chi connectivity index (χ0) is 20.8. The normalized spacial score (nSPS) is 10.7. The summed E-state index contributed by atoms with van der Waals surface area (Å²) in [5.74, 6) is -0.0360. The lowest BCUT2D eigenvalue weighted by Crippen LogP contribution is -2.25. The van der Waals surface area contributed by atoms with Crippen LogP contribution in [0.25, 0.3) is 16.8 Å². The SMILES string of the molecule is Cc1nn(-c2ccccc2)cc1CCCNC(=O)c1ccccc1-c1ccccc1. The van der Waals surface area contributed by atoms with Gasteiger partial charge >= 0.3 is 0 Å². The van der Waals surface area contributed by atoms with Gasteiger partial charge in [-0.05, 0) is 54.7 Å². The minimum atomic E-state index is -0.0360. The van der Waals surface area contributed by atoms with E-state index in [2.05, 4.69) is 16.6 Å². The Morgan fingerprint density at radius 2 is 1.57 bits per heavy atom. The van der Waals surface area contributed by atoms with Gasteiger partial charge in [0.25, 0.3) is 5.91 Å². The smallest absolute Gasteiger partial charge is 0.251 e. The Labute approximate surface area is 177 Å². The van der Waals surface area contributed by atoms with E-state index in [4.69, 9.17) is 0 Å². The fraction of sp³-hybridized carbons (Fsp3) is 0.154. The van der Waals surface area contributed by atoms with Gasteiger partial charge in [0.15, 0.2) is 0 Å². The van der Waals surface area contributed by atoms with Crippen molar-refractivity contribution in [2.24, 2.45) is 0 Å². The number of rotatable bonds is 7. The van der Waals surface area contributed by atoms with Crippen LogP contribution in [0.4, 0.5) is 0 Å². The first-order chi connectivity index (χ1) is 14.7. The molecule has 3 aromatic carbocycles. The van der Waals surface area contributed by atoms with Gasteiger partial charge in [-0.3, -0.25) is 4.79 Å². The summed E-state index contributed by atoms with van der Waals surface area (Å²) in [6.45, 7) is 2.65. The van der Waals surface area contributed by atoms with E-state index in [-0.39, 0.29) is 5.91 Å². The highest BCUT2D eigenvalue weighted by atomic mass is 16.1. The molecule has 30 heavy (non-hydrogen) atoms. The predicted molar refractivity (Wildman–Crippen MR) is 121 cm³/mol. The number of nitrogens with zero attached hydrogens (tertiary/aromatic N) is 2. The molecule has 0 fully saturated rings. The van der Waals surface area contributed by atoms with Crippen LogP contribution < -0.4 is 5.32 Å². The Kier molecular flexibility index (Phi) is 6.04. The number of carbonyl (C=O) groups is 1. The molecule has 0 atom stereocenters. The molecule has 4 heteroatoms. The maximum atomic E-state index is 12.8. The number of aryl methyl sites for hydroxylation is 2. The van der Waals surface area contributed by atoms with Crippen molar-refractivity contribution in [1.29, 1.82) is 0 Å². The van der Waals surface area contributed by atoms with E-state index in [0.717, 1.165) is 35.3 Å². The van der Waals surface area contributed by atoms with Crippen LogP contribution in [0.1, 0.15) is 28.0 Å². The first-order valence-electron chi connectivity index (χ1n) is 10.3. The topological polar surface area (TPSA) is 46.9 Å². The van der Waals surface area contributed by atoms with E-state index in [1.807, 2.05) is 96.5 Å².